The molecule has 0 radical (unpaired) electrons. The Labute approximate surface area is 195 Å². The molecule has 3 atom stereocenters. The molecule has 0 bridgehead atoms. The van der Waals surface area contributed by atoms with Crippen molar-refractivity contribution in [3.8, 4) is 5.75 Å². The highest BCUT2D eigenvalue weighted by atomic mass is 16.8. The number of ether oxygens (including phenoxy) is 4. The molecule has 0 spiro atoms. The standard InChI is InChI=1S/C26H33NO6/c1-19-23(33-25(2,3)32-19)26(4,15-16-28)27(17-20-11-13-22(30-5)14-12-20)24(29)31-18-21-9-7-6-8-10-21/h6-14,16,19,23H,15,17-18H2,1-5H3/t19-,23+,26+/m1/s1. The lowest BCUT2D eigenvalue weighted by Gasteiger charge is -2.44. The number of aldehydes is 1. The molecule has 0 aromatic heterocycles. The second kappa shape index (κ2) is 10.4. The summed E-state index contributed by atoms with van der Waals surface area (Å²) in [6, 6.07) is 16.9. The molecule has 1 aliphatic rings. The second-order valence-electron chi connectivity index (χ2n) is 8.96. The first-order valence-corrected chi connectivity index (χ1v) is 11.1. The third-order valence-corrected chi connectivity index (χ3v) is 5.96. The fourth-order valence-electron chi connectivity index (χ4n) is 4.28. The maximum Gasteiger partial charge on any atom is 0.410 e. The molecule has 1 fully saturated rings. The molecule has 7 nitrogen and oxygen atoms in total. The van der Waals surface area contributed by atoms with Gasteiger partial charge in [-0.1, -0.05) is 42.5 Å². The summed E-state index contributed by atoms with van der Waals surface area (Å²) in [7, 11) is 1.60. The number of hydrogen-bond acceptors (Lipinski definition) is 6. The molecule has 1 heterocycles. The van der Waals surface area contributed by atoms with Crippen molar-refractivity contribution in [1.29, 1.82) is 0 Å². The van der Waals surface area contributed by atoms with Crippen molar-refractivity contribution in [1.82, 2.24) is 4.90 Å². The van der Waals surface area contributed by atoms with Crippen LogP contribution in [0.5, 0.6) is 5.75 Å². The first kappa shape index (κ1) is 24.7. The quantitative estimate of drug-likeness (QED) is 0.509. The van der Waals surface area contributed by atoms with E-state index in [1.54, 1.807) is 12.0 Å². The number of rotatable bonds is 9. The van der Waals surface area contributed by atoms with Gasteiger partial charge in [-0.3, -0.25) is 4.90 Å². The lowest BCUT2D eigenvalue weighted by molar-refractivity contribution is -0.159. The van der Waals surface area contributed by atoms with E-state index in [4.69, 9.17) is 18.9 Å². The van der Waals surface area contributed by atoms with Crippen molar-refractivity contribution in [3.63, 3.8) is 0 Å². The van der Waals surface area contributed by atoms with Crippen LogP contribution in [0.3, 0.4) is 0 Å². The summed E-state index contributed by atoms with van der Waals surface area (Å²) in [5.41, 5.74) is 0.750. The van der Waals surface area contributed by atoms with E-state index in [0.29, 0.717) is 0 Å². The third-order valence-electron chi connectivity index (χ3n) is 5.96. The van der Waals surface area contributed by atoms with E-state index in [1.165, 1.54) is 0 Å². The molecular weight excluding hydrogens is 422 g/mol. The number of hydrogen-bond donors (Lipinski definition) is 0. The topological polar surface area (TPSA) is 74.3 Å². The highest BCUT2D eigenvalue weighted by Crippen LogP contribution is 2.39. The highest BCUT2D eigenvalue weighted by molar-refractivity contribution is 5.70. The van der Waals surface area contributed by atoms with E-state index in [0.717, 1.165) is 23.2 Å². The van der Waals surface area contributed by atoms with Crippen LogP contribution in [-0.4, -0.2) is 47.9 Å². The summed E-state index contributed by atoms with van der Waals surface area (Å²) in [4.78, 5) is 26.8. The zero-order chi connectivity index (χ0) is 24.1. The lowest BCUT2D eigenvalue weighted by Crippen LogP contribution is -2.59. The fraction of sp³-hybridized carbons (Fsp3) is 0.462. The van der Waals surface area contributed by atoms with Gasteiger partial charge in [-0.15, -0.1) is 0 Å². The predicted octanol–water partition coefficient (Wildman–Crippen LogP) is 4.72. The van der Waals surface area contributed by atoms with Crippen LogP contribution < -0.4 is 4.74 Å². The number of benzene rings is 2. The molecule has 0 saturated carbocycles. The summed E-state index contributed by atoms with van der Waals surface area (Å²) >= 11 is 0. The molecule has 33 heavy (non-hydrogen) atoms. The second-order valence-corrected chi connectivity index (χ2v) is 8.96. The van der Waals surface area contributed by atoms with Crippen LogP contribution >= 0.6 is 0 Å². The molecule has 3 rings (SSSR count). The zero-order valence-corrected chi connectivity index (χ0v) is 19.9. The minimum atomic E-state index is -0.997. The van der Waals surface area contributed by atoms with E-state index in [2.05, 4.69) is 0 Å². The Morgan fingerprint density at radius 1 is 1.09 bits per heavy atom. The Balaban J connectivity index is 1.93. The van der Waals surface area contributed by atoms with E-state index in [9.17, 15) is 9.59 Å². The highest BCUT2D eigenvalue weighted by Gasteiger charge is 2.53. The molecule has 0 N–H and O–H groups in total. The monoisotopic (exact) mass is 455 g/mol. The van der Waals surface area contributed by atoms with Gasteiger partial charge in [0.15, 0.2) is 5.79 Å². The zero-order valence-electron chi connectivity index (χ0n) is 19.9. The van der Waals surface area contributed by atoms with Crippen molar-refractivity contribution in [2.24, 2.45) is 0 Å². The van der Waals surface area contributed by atoms with Gasteiger partial charge in [0.05, 0.1) is 18.8 Å². The molecule has 7 heteroatoms. The lowest BCUT2D eigenvalue weighted by atomic mass is 9.86. The minimum Gasteiger partial charge on any atom is -0.497 e. The largest absolute Gasteiger partial charge is 0.497 e. The van der Waals surface area contributed by atoms with Gasteiger partial charge in [0, 0.05) is 13.0 Å². The molecule has 0 aliphatic carbocycles. The summed E-state index contributed by atoms with van der Waals surface area (Å²) in [6.07, 6.45) is -0.504. The van der Waals surface area contributed by atoms with Crippen molar-refractivity contribution < 1.29 is 28.5 Å². The Bertz CT molecular complexity index is 930. The van der Waals surface area contributed by atoms with Crippen molar-refractivity contribution >= 4 is 12.4 Å². The Morgan fingerprint density at radius 3 is 2.30 bits per heavy atom. The maximum absolute atomic E-state index is 13.5. The van der Waals surface area contributed by atoms with Crippen LogP contribution in [-0.2, 0) is 32.2 Å². The van der Waals surface area contributed by atoms with Gasteiger partial charge < -0.3 is 23.7 Å². The van der Waals surface area contributed by atoms with Gasteiger partial charge in [0.1, 0.15) is 24.7 Å². The van der Waals surface area contributed by atoms with Gasteiger partial charge >= 0.3 is 6.09 Å². The molecular formula is C26H33NO6. The first-order valence-electron chi connectivity index (χ1n) is 11.1. The van der Waals surface area contributed by atoms with E-state index >= 15 is 0 Å². The van der Waals surface area contributed by atoms with E-state index in [-0.39, 0.29) is 25.7 Å². The average Bonchev–Trinajstić information content (AvgIpc) is 3.09. The minimum absolute atomic E-state index is 0.0675. The molecule has 2 aromatic rings. The van der Waals surface area contributed by atoms with Crippen molar-refractivity contribution in [2.75, 3.05) is 7.11 Å². The van der Waals surface area contributed by atoms with Crippen LogP contribution in [0.1, 0.15) is 45.2 Å². The number of amides is 1. The van der Waals surface area contributed by atoms with Gasteiger partial charge in [0.2, 0.25) is 0 Å². The number of carbonyl (C=O) groups excluding carboxylic acids is 2. The van der Waals surface area contributed by atoms with Crippen LogP contribution in [0.15, 0.2) is 54.6 Å². The molecule has 2 aromatic carbocycles. The van der Waals surface area contributed by atoms with Crippen LogP contribution in [0.4, 0.5) is 4.79 Å². The van der Waals surface area contributed by atoms with Gasteiger partial charge in [-0.2, -0.15) is 0 Å². The normalized spacial score (nSPS) is 21.1. The Kier molecular flexibility index (Phi) is 7.76. The number of methoxy groups -OCH3 is 1. The van der Waals surface area contributed by atoms with E-state index in [1.807, 2.05) is 82.3 Å². The van der Waals surface area contributed by atoms with Gasteiger partial charge in [-0.05, 0) is 51.0 Å². The molecule has 1 amide bonds. The smallest absolute Gasteiger partial charge is 0.410 e. The summed E-state index contributed by atoms with van der Waals surface area (Å²) < 4.78 is 23.1. The molecule has 1 saturated heterocycles. The summed E-state index contributed by atoms with van der Waals surface area (Å²) in [6.45, 7) is 7.75. The number of carbonyl (C=O) groups is 2. The SMILES string of the molecule is COc1ccc(CN(C(=O)OCc2ccccc2)[C@@](C)(CC=O)[C@H]2OC(C)(C)O[C@@H]2C)cc1. The first-order chi connectivity index (χ1) is 15.7. The van der Waals surface area contributed by atoms with E-state index < -0.39 is 23.5 Å². The maximum atomic E-state index is 13.5. The molecule has 178 valence electrons. The van der Waals surface area contributed by atoms with Crippen molar-refractivity contribution in [3.05, 3.63) is 65.7 Å². The van der Waals surface area contributed by atoms with Gasteiger partial charge in [0.25, 0.3) is 0 Å². The predicted molar refractivity (Wildman–Crippen MR) is 124 cm³/mol. The van der Waals surface area contributed by atoms with Crippen LogP contribution in [0, 0.1) is 0 Å². The fourth-order valence-corrected chi connectivity index (χ4v) is 4.28. The third kappa shape index (κ3) is 5.92. The van der Waals surface area contributed by atoms with Crippen LogP contribution in [0.25, 0.3) is 0 Å². The van der Waals surface area contributed by atoms with Crippen LogP contribution in [0.2, 0.25) is 0 Å². The average molecular weight is 456 g/mol. The van der Waals surface area contributed by atoms with Gasteiger partial charge in [-0.25, -0.2) is 4.79 Å². The number of nitrogens with zero attached hydrogens (tertiary/aromatic N) is 1. The Hall–Kier alpha value is -2.90. The summed E-state index contributed by atoms with van der Waals surface area (Å²) in [5, 5.41) is 0. The summed E-state index contributed by atoms with van der Waals surface area (Å²) in [5.74, 6) is -0.107. The molecule has 1 aliphatic heterocycles. The van der Waals surface area contributed by atoms with Crippen molar-refractivity contribution in [2.45, 2.75) is 70.8 Å². The Morgan fingerprint density at radius 2 is 1.76 bits per heavy atom. The molecule has 0 unspecified atom stereocenters.